The van der Waals surface area contributed by atoms with E-state index < -0.39 is 6.09 Å². The molecule has 0 aliphatic heterocycles. The molecule has 0 saturated heterocycles. The van der Waals surface area contributed by atoms with Crippen LogP contribution in [0.4, 0.5) is 16.2 Å². The van der Waals surface area contributed by atoms with Crippen LogP contribution in [0.2, 0.25) is 0 Å². The first-order valence-corrected chi connectivity index (χ1v) is 9.29. The van der Waals surface area contributed by atoms with E-state index in [-0.39, 0.29) is 0 Å². The van der Waals surface area contributed by atoms with E-state index in [1.54, 1.807) is 6.92 Å². The lowest BCUT2D eigenvalue weighted by Crippen LogP contribution is -2.14. The van der Waals surface area contributed by atoms with Crippen molar-refractivity contribution in [1.29, 1.82) is 0 Å². The zero-order valence-electron chi connectivity index (χ0n) is 16.3. The van der Waals surface area contributed by atoms with Gasteiger partial charge in [-0.15, -0.1) is 0 Å². The van der Waals surface area contributed by atoms with Crippen molar-refractivity contribution in [3.63, 3.8) is 0 Å². The molecule has 0 fully saturated rings. The number of ether oxygens (including phenoxy) is 1. The Labute approximate surface area is 164 Å². The van der Waals surface area contributed by atoms with E-state index in [1.807, 2.05) is 37.3 Å². The van der Waals surface area contributed by atoms with E-state index in [9.17, 15) is 4.79 Å². The third-order valence-electron chi connectivity index (χ3n) is 4.36. The Hall–Kier alpha value is -3.35. The largest absolute Gasteiger partial charge is 0.450 e. The van der Waals surface area contributed by atoms with Crippen molar-refractivity contribution >= 4 is 17.5 Å². The van der Waals surface area contributed by atoms with Gasteiger partial charge in [0.05, 0.1) is 13.2 Å². The van der Waals surface area contributed by atoms with Gasteiger partial charge in [0.25, 0.3) is 0 Å². The van der Waals surface area contributed by atoms with Crippen LogP contribution in [-0.2, 0) is 17.7 Å². The summed E-state index contributed by atoms with van der Waals surface area (Å²) in [6, 6.07) is 13.7. The molecule has 1 amide bonds. The topological polar surface area (TPSA) is 89.3 Å². The average Bonchev–Trinajstić information content (AvgIpc) is 3.18. The second kappa shape index (κ2) is 9.03. The summed E-state index contributed by atoms with van der Waals surface area (Å²) in [5, 5.41) is 10.1. The Morgan fingerprint density at radius 1 is 1.11 bits per heavy atom. The molecule has 0 aliphatic carbocycles. The molecular weight excluding hydrogens is 356 g/mol. The van der Waals surface area contributed by atoms with Crippen molar-refractivity contribution in [2.24, 2.45) is 0 Å². The fourth-order valence-corrected chi connectivity index (χ4v) is 2.74. The summed E-state index contributed by atoms with van der Waals surface area (Å²) in [5.74, 6) is 1.05. The summed E-state index contributed by atoms with van der Waals surface area (Å²) in [5.41, 5.74) is 4.63. The van der Waals surface area contributed by atoms with Crippen LogP contribution in [0.5, 0.6) is 0 Å². The molecule has 0 aliphatic rings. The van der Waals surface area contributed by atoms with Gasteiger partial charge in [-0.2, -0.15) is 4.98 Å². The fourth-order valence-electron chi connectivity index (χ4n) is 2.74. The number of hydrogen-bond acceptors (Lipinski definition) is 6. The number of amides is 1. The van der Waals surface area contributed by atoms with E-state index in [1.165, 1.54) is 5.56 Å². The average molecular weight is 380 g/mol. The number of nitrogens with zero attached hydrogens (tertiary/aromatic N) is 2. The van der Waals surface area contributed by atoms with Crippen LogP contribution in [0, 0.1) is 6.92 Å². The van der Waals surface area contributed by atoms with Gasteiger partial charge in [0.2, 0.25) is 11.7 Å². The van der Waals surface area contributed by atoms with Crippen molar-refractivity contribution in [3.8, 4) is 11.4 Å². The lowest BCUT2D eigenvalue weighted by molar-refractivity contribution is 0.168. The van der Waals surface area contributed by atoms with E-state index in [4.69, 9.17) is 9.26 Å². The maximum Gasteiger partial charge on any atom is 0.411 e. The van der Waals surface area contributed by atoms with Crippen molar-refractivity contribution in [3.05, 3.63) is 59.5 Å². The normalized spacial score (nSPS) is 10.5. The van der Waals surface area contributed by atoms with Crippen molar-refractivity contribution in [1.82, 2.24) is 10.1 Å². The molecule has 0 saturated carbocycles. The van der Waals surface area contributed by atoms with E-state index in [0.717, 1.165) is 23.2 Å². The highest BCUT2D eigenvalue weighted by Crippen LogP contribution is 2.24. The number of nitrogens with one attached hydrogen (secondary N) is 2. The first-order chi connectivity index (χ1) is 13.6. The predicted octanol–water partition coefficient (Wildman–Crippen LogP) is 4.79. The molecule has 2 aromatic carbocycles. The Kier molecular flexibility index (Phi) is 6.26. The number of hydrogen-bond donors (Lipinski definition) is 2. The molecule has 3 aromatic rings. The molecule has 0 unspecified atom stereocenters. The SMILES string of the molecule is CCOC(=O)Nc1cccc(NCc2nc(-c3ccc(CC)cc3)no2)c1C. The van der Waals surface area contributed by atoms with Crippen molar-refractivity contribution < 1.29 is 14.1 Å². The summed E-state index contributed by atoms with van der Waals surface area (Å²) in [6.45, 7) is 6.50. The molecule has 146 valence electrons. The lowest BCUT2D eigenvalue weighted by atomic mass is 10.1. The van der Waals surface area contributed by atoms with Crippen LogP contribution in [0.25, 0.3) is 11.4 Å². The van der Waals surface area contributed by atoms with Crippen molar-refractivity contribution in [2.75, 3.05) is 17.2 Å². The first kappa shape index (κ1) is 19.4. The number of rotatable bonds is 7. The standard InChI is InChI=1S/C21H24N4O3/c1-4-15-9-11-16(12-10-15)20-24-19(28-25-20)13-22-17-7-6-8-18(14(17)3)23-21(26)27-5-2/h6-12,22H,4-5,13H2,1-3H3,(H,23,26). The van der Waals surface area contributed by atoms with Crippen LogP contribution in [0.3, 0.4) is 0 Å². The zero-order chi connectivity index (χ0) is 19.9. The van der Waals surface area contributed by atoms with Crippen LogP contribution in [0.15, 0.2) is 47.0 Å². The van der Waals surface area contributed by atoms with E-state index >= 15 is 0 Å². The van der Waals surface area contributed by atoms with Crippen LogP contribution in [0.1, 0.15) is 30.9 Å². The van der Waals surface area contributed by atoms with Gasteiger partial charge in [0.15, 0.2) is 0 Å². The number of benzene rings is 2. The van der Waals surface area contributed by atoms with Gasteiger partial charge in [-0.3, -0.25) is 5.32 Å². The first-order valence-electron chi connectivity index (χ1n) is 9.29. The van der Waals surface area contributed by atoms with E-state index in [0.29, 0.717) is 30.6 Å². The highest BCUT2D eigenvalue weighted by molar-refractivity contribution is 5.87. The van der Waals surface area contributed by atoms with Crippen LogP contribution < -0.4 is 10.6 Å². The second-order valence-corrected chi connectivity index (χ2v) is 6.24. The summed E-state index contributed by atoms with van der Waals surface area (Å²) < 4.78 is 10.3. The monoisotopic (exact) mass is 380 g/mol. The molecule has 0 bridgehead atoms. The quantitative estimate of drug-likeness (QED) is 0.613. The van der Waals surface area contributed by atoms with Gasteiger partial charge in [0, 0.05) is 16.9 Å². The Morgan fingerprint density at radius 2 is 1.86 bits per heavy atom. The summed E-state index contributed by atoms with van der Waals surface area (Å²) >= 11 is 0. The fraction of sp³-hybridized carbons (Fsp3) is 0.286. The molecule has 28 heavy (non-hydrogen) atoms. The molecule has 1 heterocycles. The van der Waals surface area contributed by atoms with Gasteiger partial charge in [-0.25, -0.2) is 4.79 Å². The highest BCUT2D eigenvalue weighted by Gasteiger charge is 2.11. The smallest absolute Gasteiger partial charge is 0.411 e. The maximum atomic E-state index is 11.6. The highest BCUT2D eigenvalue weighted by atomic mass is 16.5. The molecule has 1 aromatic heterocycles. The number of aromatic nitrogens is 2. The number of anilines is 2. The number of aryl methyl sites for hydroxylation is 1. The van der Waals surface area contributed by atoms with E-state index in [2.05, 4.69) is 39.8 Å². The minimum atomic E-state index is -0.474. The molecule has 0 spiro atoms. The predicted molar refractivity (Wildman–Crippen MR) is 108 cm³/mol. The minimum Gasteiger partial charge on any atom is -0.450 e. The number of carbonyl (C=O) groups is 1. The molecule has 0 radical (unpaired) electrons. The second-order valence-electron chi connectivity index (χ2n) is 6.24. The Morgan fingerprint density at radius 3 is 2.57 bits per heavy atom. The van der Waals surface area contributed by atoms with Gasteiger partial charge in [-0.05, 0) is 43.5 Å². The Balaban J connectivity index is 1.66. The third-order valence-corrected chi connectivity index (χ3v) is 4.36. The molecule has 7 nitrogen and oxygen atoms in total. The van der Waals surface area contributed by atoms with Gasteiger partial charge in [-0.1, -0.05) is 42.4 Å². The summed E-state index contributed by atoms with van der Waals surface area (Å²) in [6.07, 6.45) is 0.517. The Bertz CT molecular complexity index is 935. The van der Waals surface area contributed by atoms with Gasteiger partial charge >= 0.3 is 6.09 Å². The third kappa shape index (κ3) is 4.68. The van der Waals surface area contributed by atoms with Gasteiger partial charge < -0.3 is 14.6 Å². The molecule has 7 heteroatoms. The zero-order valence-corrected chi connectivity index (χ0v) is 16.3. The molecule has 0 atom stereocenters. The summed E-state index contributed by atoms with van der Waals surface area (Å²) in [4.78, 5) is 16.1. The van der Waals surface area contributed by atoms with Gasteiger partial charge in [0.1, 0.15) is 0 Å². The number of carbonyl (C=O) groups excluding carboxylic acids is 1. The molecular formula is C21H24N4O3. The van der Waals surface area contributed by atoms with Crippen LogP contribution >= 0.6 is 0 Å². The summed E-state index contributed by atoms with van der Waals surface area (Å²) in [7, 11) is 0. The lowest BCUT2D eigenvalue weighted by Gasteiger charge is -2.13. The van der Waals surface area contributed by atoms with Crippen molar-refractivity contribution in [2.45, 2.75) is 33.7 Å². The molecule has 2 N–H and O–H groups in total. The molecule has 3 rings (SSSR count). The van der Waals surface area contributed by atoms with Crippen LogP contribution in [-0.4, -0.2) is 22.8 Å². The maximum absolute atomic E-state index is 11.6. The minimum absolute atomic E-state index is 0.323.